The molecule has 0 aliphatic heterocycles. The van der Waals surface area contributed by atoms with Gasteiger partial charge in [0.1, 0.15) is 0 Å². The van der Waals surface area contributed by atoms with Crippen LogP contribution in [0.15, 0.2) is 0 Å². The maximum Gasteiger partial charge on any atom is 0.0609 e. The van der Waals surface area contributed by atoms with Crippen LogP contribution in [0.1, 0.15) is 26.7 Å². The summed E-state index contributed by atoms with van der Waals surface area (Å²) in [5.41, 5.74) is -0.104. The number of aliphatic hydroxyl groups is 1. The molecule has 1 N–H and O–H groups in total. The Balaban J connectivity index is 3.55. The van der Waals surface area contributed by atoms with E-state index in [-0.39, 0.29) is 12.1 Å². The van der Waals surface area contributed by atoms with E-state index in [1.807, 2.05) is 20.9 Å². The predicted molar refractivity (Wildman–Crippen MR) is 54.9 cm³/mol. The Bertz CT molecular complexity index is 126. The van der Waals surface area contributed by atoms with Crippen molar-refractivity contribution in [1.29, 1.82) is 0 Å². The molecule has 0 aromatic carbocycles. The quantitative estimate of drug-likeness (QED) is 0.609. The predicted octanol–water partition coefficient (Wildman–Crippen LogP) is 1.12. The number of hydrogen-bond donors (Lipinski definition) is 1. The minimum atomic E-state index is -0.104. The average Bonchev–Trinajstić information content (AvgIpc) is 2.12. The summed E-state index contributed by atoms with van der Waals surface area (Å²) in [6.45, 7) is 6.13. The Morgan fingerprint density at radius 1 is 1.31 bits per heavy atom. The van der Waals surface area contributed by atoms with Crippen LogP contribution in [-0.2, 0) is 4.74 Å². The Kier molecular flexibility index (Phi) is 6.29. The Morgan fingerprint density at radius 2 is 1.92 bits per heavy atom. The fraction of sp³-hybridized carbons (Fsp3) is 1.00. The van der Waals surface area contributed by atoms with Crippen LogP contribution in [0.3, 0.4) is 0 Å². The molecule has 0 radical (unpaired) electrons. The minimum Gasteiger partial charge on any atom is -0.394 e. The van der Waals surface area contributed by atoms with Crippen LogP contribution >= 0.6 is 0 Å². The van der Waals surface area contributed by atoms with Crippen LogP contribution in [0.5, 0.6) is 0 Å². The van der Waals surface area contributed by atoms with Crippen molar-refractivity contribution in [2.45, 2.75) is 32.2 Å². The molecule has 0 atom stereocenters. The number of hydrogen-bond acceptors (Lipinski definition) is 3. The van der Waals surface area contributed by atoms with Crippen LogP contribution < -0.4 is 0 Å². The van der Waals surface area contributed by atoms with E-state index in [1.54, 1.807) is 7.11 Å². The fourth-order valence-corrected chi connectivity index (χ4v) is 1.02. The Morgan fingerprint density at radius 3 is 2.38 bits per heavy atom. The first-order valence-corrected chi connectivity index (χ1v) is 4.85. The van der Waals surface area contributed by atoms with Crippen molar-refractivity contribution in [2.75, 3.05) is 33.9 Å². The smallest absolute Gasteiger partial charge is 0.0609 e. The second kappa shape index (κ2) is 6.35. The zero-order valence-corrected chi connectivity index (χ0v) is 9.34. The van der Waals surface area contributed by atoms with Crippen LogP contribution in [0.25, 0.3) is 0 Å². The summed E-state index contributed by atoms with van der Waals surface area (Å²) in [6.07, 6.45) is 2.20. The van der Waals surface area contributed by atoms with E-state index in [1.165, 1.54) is 0 Å². The monoisotopic (exact) mass is 189 g/mol. The van der Waals surface area contributed by atoms with Crippen molar-refractivity contribution in [3.05, 3.63) is 0 Å². The zero-order chi connectivity index (χ0) is 10.3. The lowest BCUT2D eigenvalue weighted by Crippen LogP contribution is -2.44. The summed E-state index contributed by atoms with van der Waals surface area (Å²) in [6, 6.07) is 0. The van der Waals surface area contributed by atoms with Crippen molar-refractivity contribution in [2.24, 2.45) is 0 Å². The molecule has 0 aromatic rings. The molecular formula is C10H23NO2. The Hall–Kier alpha value is -0.120. The first kappa shape index (κ1) is 12.9. The van der Waals surface area contributed by atoms with Gasteiger partial charge in [0.15, 0.2) is 0 Å². The summed E-state index contributed by atoms with van der Waals surface area (Å²) in [5, 5.41) is 9.10. The highest BCUT2D eigenvalue weighted by Gasteiger charge is 2.21. The maximum atomic E-state index is 9.10. The number of ether oxygens (including phenoxy) is 1. The van der Waals surface area contributed by atoms with Gasteiger partial charge in [-0.15, -0.1) is 0 Å². The van der Waals surface area contributed by atoms with Crippen molar-refractivity contribution in [1.82, 2.24) is 4.90 Å². The number of likely N-dealkylation sites (N-methyl/N-ethyl adjacent to an activating group) is 1. The molecule has 13 heavy (non-hydrogen) atoms. The molecule has 0 rings (SSSR count). The SMILES string of the molecule is COCCCCN(C)C(C)(C)CO. The van der Waals surface area contributed by atoms with Crippen LogP contribution in [0.2, 0.25) is 0 Å². The van der Waals surface area contributed by atoms with Crippen molar-refractivity contribution < 1.29 is 9.84 Å². The Labute approximate surface area is 81.7 Å². The second-order valence-electron chi connectivity index (χ2n) is 4.09. The molecule has 0 aliphatic carbocycles. The van der Waals surface area contributed by atoms with Gasteiger partial charge in [-0.1, -0.05) is 0 Å². The molecule has 0 fully saturated rings. The summed E-state index contributed by atoms with van der Waals surface area (Å²) < 4.78 is 4.97. The van der Waals surface area contributed by atoms with Crippen LogP contribution in [0, 0.1) is 0 Å². The third-order valence-electron chi connectivity index (χ3n) is 2.51. The maximum absolute atomic E-state index is 9.10. The summed E-state index contributed by atoms with van der Waals surface area (Å²) in [5.74, 6) is 0. The largest absolute Gasteiger partial charge is 0.394 e. The van der Waals surface area contributed by atoms with E-state index < -0.39 is 0 Å². The van der Waals surface area contributed by atoms with Gasteiger partial charge in [0.25, 0.3) is 0 Å². The van der Waals surface area contributed by atoms with E-state index in [0.29, 0.717) is 0 Å². The van der Waals surface area contributed by atoms with Gasteiger partial charge in [-0.25, -0.2) is 0 Å². The molecule has 0 spiro atoms. The number of methoxy groups -OCH3 is 1. The molecule has 0 aromatic heterocycles. The number of unbranched alkanes of at least 4 members (excludes halogenated alkanes) is 1. The average molecular weight is 189 g/mol. The van der Waals surface area contributed by atoms with E-state index >= 15 is 0 Å². The molecule has 0 bridgehead atoms. The van der Waals surface area contributed by atoms with Gasteiger partial charge in [-0.2, -0.15) is 0 Å². The molecule has 0 saturated heterocycles. The van der Waals surface area contributed by atoms with Gasteiger partial charge in [-0.3, -0.25) is 4.90 Å². The molecule has 0 amide bonds. The topological polar surface area (TPSA) is 32.7 Å². The van der Waals surface area contributed by atoms with Crippen LogP contribution in [-0.4, -0.2) is 49.5 Å². The van der Waals surface area contributed by atoms with Gasteiger partial charge in [0.05, 0.1) is 6.61 Å². The van der Waals surface area contributed by atoms with E-state index in [9.17, 15) is 0 Å². The molecule has 0 saturated carbocycles. The van der Waals surface area contributed by atoms with Crippen LogP contribution in [0.4, 0.5) is 0 Å². The molecule has 3 nitrogen and oxygen atoms in total. The number of aliphatic hydroxyl groups excluding tert-OH is 1. The van der Waals surface area contributed by atoms with E-state index in [0.717, 1.165) is 26.0 Å². The highest BCUT2D eigenvalue weighted by atomic mass is 16.5. The minimum absolute atomic E-state index is 0.104. The number of nitrogens with zero attached hydrogens (tertiary/aromatic N) is 1. The molecular weight excluding hydrogens is 166 g/mol. The van der Waals surface area contributed by atoms with Crippen molar-refractivity contribution >= 4 is 0 Å². The lowest BCUT2D eigenvalue weighted by molar-refractivity contribution is 0.0755. The highest BCUT2D eigenvalue weighted by molar-refractivity contribution is 4.77. The standard InChI is InChI=1S/C10H23NO2/c1-10(2,9-12)11(3)7-5-6-8-13-4/h12H,5-9H2,1-4H3. The first-order valence-electron chi connectivity index (χ1n) is 4.85. The number of rotatable bonds is 7. The fourth-order valence-electron chi connectivity index (χ4n) is 1.02. The molecule has 0 heterocycles. The summed E-state index contributed by atoms with van der Waals surface area (Å²) >= 11 is 0. The highest BCUT2D eigenvalue weighted by Crippen LogP contribution is 2.11. The molecule has 0 unspecified atom stereocenters. The van der Waals surface area contributed by atoms with Crippen molar-refractivity contribution in [3.63, 3.8) is 0 Å². The summed E-state index contributed by atoms with van der Waals surface area (Å²) in [7, 11) is 3.77. The molecule has 0 aliphatic rings. The van der Waals surface area contributed by atoms with Gasteiger partial charge in [0, 0.05) is 19.3 Å². The zero-order valence-electron chi connectivity index (χ0n) is 9.34. The van der Waals surface area contributed by atoms with Gasteiger partial charge in [0.2, 0.25) is 0 Å². The van der Waals surface area contributed by atoms with Gasteiger partial charge < -0.3 is 9.84 Å². The third-order valence-corrected chi connectivity index (χ3v) is 2.51. The van der Waals surface area contributed by atoms with Crippen molar-refractivity contribution in [3.8, 4) is 0 Å². The lowest BCUT2D eigenvalue weighted by Gasteiger charge is -2.33. The van der Waals surface area contributed by atoms with Gasteiger partial charge >= 0.3 is 0 Å². The second-order valence-corrected chi connectivity index (χ2v) is 4.09. The first-order chi connectivity index (χ1) is 6.04. The van der Waals surface area contributed by atoms with E-state index in [4.69, 9.17) is 9.84 Å². The molecule has 3 heteroatoms. The normalized spacial score (nSPS) is 12.5. The summed E-state index contributed by atoms with van der Waals surface area (Å²) in [4.78, 5) is 2.18. The third kappa shape index (κ3) is 5.24. The van der Waals surface area contributed by atoms with Gasteiger partial charge in [-0.05, 0) is 40.3 Å². The lowest BCUT2D eigenvalue weighted by atomic mass is 10.0. The molecule has 80 valence electrons. The van der Waals surface area contributed by atoms with E-state index in [2.05, 4.69) is 4.90 Å².